The van der Waals surface area contributed by atoms with Crippen LogP contribution in [0.15, 0.2) is 70.7 Å². The number of likely N-dealkylation sites (tertiary alicyclic amines) is 1. The van der Waals surface area contributed by atoms with Crippen LogP contribution < -0.4 is 0 Å². The highest BCUT2D eigenvalue weighted by Gasteiger charge is 2.65. The lowest BCUT2D eigenvalue weighted by atomic mass is 9.73. The number of carboxylic acids is 1. The van der Waals surface area contributed by atoms with E-state index in [2.05, 4.69) is 0 Å². The summed E-state index contributed by atoms with van der Waals surface area (Å²) in [7, 11) is 0. The summed E-state index contributed by atoms with van der Waals surface area (Å²) in [5.74, 6) is -3.35. The molecule has 0 bridgehead atoms. The number of halogens is 1. The van der Waals surface area contributed by atoms with Gasteiger partial charge in [0.25, 0.3) is 5.91 Å². The third-order valence-corrected chi connectivity index (χ3v) is 10.0. The standard InChI is InChI=1S/C27H22ClNO4S3/c1-15-11-14-36-24(15)22-20(23(30)18-5-3-12-34-18)21(16-7-9-17(28)10-8-16)27(2,26(32)33)29(22)25(31)19-6-4-13-35-19/h3-14,20-22H,1-2H3,(H,32,33). The van der Waals surface area contributed by atoms with E-state index in [0.717, 1.165) is 10.4 Å². The molecule has 184 valence electrons. The first-order valence-electron chi connectivity index (χ1n) is 11.2. The Kier molecular flexibility index (Phi) is 6.63. The van der Waals surface area contributed by atoms with E-state index >= 15 is 0 Å². The van der Waals surface area contributed by atoms with Crippen molar-refractivity contribution in [1.29, 1.82) is 0 Å². The fraction of sp³-hybridized carbons (Fsp3) is 0.222. The zero-order chi connectivity index (χ0) is 25.6. The number of carbonyl (C=O) groups is 3. The summed E-state index contributed by atoms with van der Waals surface area (Å²) in [4.78, 5) is 44.7. The van der Waals surface area contributed by atoms with Gasteiger partial charge in [0.2, 0.25) is 0 Å². The topological polar surface area (TPSA) is 74.7 Å². The minimum absolute atomic E-state index is 0.170. The van der Waals surface area contributed by atoms with Gasteiger partial charge < -0.3 is 10.0 Å². The van der Waals surface area contributed by atoms with Crippen LogP contribution in [0.3, 0.4) is 0 Å². The van der Waals surface area contributed by atoms with E-state index in [9.17, 15) is 19.5 Å². The van der Waals surface area contributed by atoms with Crippen LogP contribution in [0.5, 0.6) is 0 Å². The molecule has 0 radical (unpaired) electrons. The molecule has 4 aromatic rings. The van der Waals surface area contributed by atoms with Gasteiger partial charge in [-0.05, 0) is 71.4 Å². The van der Waals surface area contributed by atoms with Gasteiger partial charge in [0, 0.05) is 15.8 Å². The zero-order valence-electron chi connectivity index (χ0n) is 19.4. The number of hydrogen-bond acceptors (Lipinski definition) is 6. The normalized spacial score (nSPS) is 23.6. The second-order valence-corrected chi connectivity index (χ2v) is 12.2. The van der Waals surface area contributed by atoms with Gasteiger partial charge in [-0.15, -0.1) is 34.0 Å². The summed E-state index contributed by atoms with van der Waals surface area (Å²) in [6.45, 7) is 3.50. The van der Waals surface area contributed by atoms with Gasteiger partial charge in [-0.2, -0.15) is 0 Å². The summed E-state index contributed by atoms with van der Waals surface area (Å²) in [5.41, 5.74) is -0.129. The molecule has 1 saturated heterocycles. The third kappa shape index (κ3) is 3.93. The number of thiophene rings is 3. The molecule has 1 aromatic carbocycles. The number of hydrogen-bond donors (Lipinski definition) is 1. The largest absolute Gasteiger partial charge is 0.479 e. The van der Waals surface area contributed by atoms with Gasteiger partial charge in [-0.25, -0.2) is 4.79 Å². The minimum atomic E-state index is -1.70. The van der Waals surface area contributed by atoms with Crippen molar-refractivity contribution in [2.45, 2.75) is 31.3 Å². The van der Waals surface area contributed by atoms with E-state index < -0.39 is 35.3 Å². The smallest absolute Gasteiger partial charge is 0.330 e. The quantitative estimate of drug-likeness (QED) is 0.256. The van der Waals surface area contributed by atoms with Crippen molar-refractivity contribution in [2.75, 3.05) is 0 Å². The van der Waals surface area contributed by atoms with Crippen molar-refractivity contribution in [1.82, 2.24) is 4.90 Å². The first kappa shape index (κ1) is 24.9. The Labute approximate surface area is 225 Å². The summed E-state index contributed by atoms with van der Waals surface area (Å²) in [5, 5.41) is 16.8. The second-order valence-electron chi connectivity index (χ2n) is 8.91. The lowest BCUT2D eigenvalue weighted by Gasteiger charge is -2.37. The Hall–Kier alpha value is -2.78. The number of amides is 1. The van der Waals surface area contributed by atoms with Crippen LogP contribution >= 0.6 is 45.6 Å². The maximum Gasteiger partial charge on any atom is 0.330 e. The highest BCUT2D eigenvalue weighted by Crippen LogP contribution is 2.58. The number of aryl methyl sites for hydroxylation is 1. The van der Waals surface area contributed by atoms with Gasteiger partial charge in [0.05, 0.1) is 21.7 Å². The molecule has 0 spiro atoms. The van der Waals surface area contributed by atoms with E-state index in [1.807, 2.05) is 23.8 Å². The van der Waals surface area contributed by atoms with E-state index in [1.165, 1.54) is 38.9 Å². The first-order chi connectivity index (χ1) is 17.2. The molecular formula is C27H22ClNO4S3. The van der Waals surface area contributed by atoms with Crippen LogP contribution in [-0.2, 0) is 4.79 Å². The van der Waals surface area contributed by atoms with Crippen molar-refractivity contribution in [3.05, 3.63) is 102 Å². The molecule has 5 rings (SSSR count). The molecule has 1 aliphatic heterocycles. The predicted octanol–water partition coefficient (Wildman–Crippen LogP) is 7.16. The third-order valence-electron chi connectivity index (χ3n) is 6.93. The molecule has 1 aliphatic rings. The lowest BCUT2D eigenvalue weighted by Crippen LogP contribution is -2.54. The number of Topliss-reactive ketones (excluding diaryl/α,β-unsaturated/α-hetero) is 1. The minimum Gasteiger partial charge on any atom is -0.479 e. The Morgan fingerprint density at radius 1 is 0.917 bits per heavy atom. The molecule has 1 N–H and O–H groups in total. The molecule has 36 heavy (non-hydrogen) atoms. The molecule has 3 aromatic heterocycles. The average molecular weight is 556 g/mol. The Morgan fingerprint density at radius 3 is 2.08 bits per heavy atom. The maximum atomic E-state index is 14.2. The van der Waals surface area contributed by atoms with Crippen LogP contribution in [0, 0.1) is 12.8 Å². The molecule has 4 unspecified atom stereocenters. The van der Waals surface area contributed by atoms with Crippen molar-refractivity contribution in [3.8, 4) is 0 Å². The average Bonchev–Trinajstić information content (AvgIpc) is 3.65. The molecule has 9 heteroatoms. The molecule has 5 nitrogen and oxygen atoms in total. The van der Waals surface area contributed by atoms with Gasteiger partial charge in [0.15, 0.2) is 5.78 Å². The molecule has 0 saturated carbocycles. The molecular weight excluding hydrogens is 534 g/mol. The fourth-order valence-corrected chi connectivity index (χ4v) is 7.83. The monoisotopic (exact) mass is 555 g/mol. The van der Waals surface area contributed by atoms with Crippen LogP contribution in [0.1, 0.15) is 54.2 Å². The summed E-state index contributed by atoms with van der Waals surface area (Å²) >= 11 is 10.2. The fourth-order valence-electron chi connectivity index (χ4n) is 5.27. The van der Waals surface area contributed by atoms with Crippen LogP contribution in [0.4, 0.5) is 0 Å². The van der Waals surface area contributed by atoms with Crippen LogP contribution in [-0.4, -0.2) is 33.2 Å². The van der Waals surface area contributed by atoms with Crippen molar-refractivity contribution >= 4 is 63.3 Å². The number of carboxylic acid groups (broad SMARTS) is 1. The van der Waals surface area contributed by atoms with Gasteiger partial charge in [0.1, 0.15) is 5.54 Å². The molecule has 1 fully saturated rings. The Balaban J connectivity index is 1.82. The highest BCUT2D eigenvalue weighted by atomic mass is 35.5. The number of aliphatic carboxylic acids is 1. The molecule has 4 heterocycles. The van der Waals surface area contributed by atoms with E-state index in [1.54, 1.807) is 60.8 Å². The van der Waals surface area contributed by atoms with E-state index in [0.29, 0.717) is 20.3 Å². The number of carbonyl (C=O) groups excluding carboxylic acids is 2. The first-order valence-corrected chi connectivity index (χ1v) is 14.2. The summed E-state index contributed by atoms with van der Waals surface area (Å²) < 4.78 is 0. The lowest BCUT2D eigenvalue weighted by molar-refractivity contribution is -0.148. The van der Waals surface area contributed by atoms with Crippen molar-refractivity contribution in [3.63, 3.8) is 0 Å². The molecule has 0 aliphatic carbocycles. The molecule has 4 atom stereocenters. The predicted molar refractivity (Wildman–Crippen MR) is 145 cm³/mol. The van der Waals surface area contributed by atoms with Gasteiger partial charge in [-0.1, -0.05) is 35.9 Å². The van der Waals surface area contributed by atoms with E-state index in [-0.39, 0.29) is 5.78 Å². The van der Waals surface area contributed by atoms with Crippen LogP contribution in [0.25, 0.3) is 0 Å². The highest BCUT2D eigenvalue weighted by molar-refractivity contribution is 7.12. The number of ketones is 1. The van der Waals surface area contributed by atoms with Crippen molar-refractivity contribution in [2.24, 2.45) is 5.92 Å². The van der Waals surface area contributed by atoms with Gasteiger partial charge in [-0.3, -0.25) is 9.59 Å². The van der Waals surface area contributed by atoms with Gasteiger partial charge >= 0.3 is 5.97 Å². The number of nitrogens with zero attached hydrogens (tertiary/aromatic N) is 1. The number of rotatable bonds is 6. The van der Waals surface area contributed by atoms with Crippen molar-refractivity contribution < 1.29 is 19.5 Å². The summed E-state index contributed by atoms with van der Waals surface area (Å²) in [6.07, 6.45) is 0. The second kappa shape index (κ2) is 9.59. The number of benzene rings is 1. The van der Waals surface area contributed by atoms with E-state index in [4.69, 9.17) is 11.6 Å². The zero-order valence-corrected chi connectivity index (χ0v) is 22.6. The summed E-state index contributed by atoms with van der Waals surface area (Å²) in [6, 6.07) is 15.1. The SMILES string of the molecule is Cc1ccsc1C1C(C(=O)c2cccs2)C(c2ccc(Cl)cc2)C(C)(C(=O)O)N1C(=O)c1cccs1. The van der Waals surface area contributed by atoms with Crippen LogP contribution in [0.2, 0.25) is 5.02 Å². The maximum absolute atomic E-state index is 14.2. The molecule has 1 amide bonds. The Morgan fingerprint density at radius 2 is 1.56 bits per heavy atom. The Bertz CT molecular complexity index is 1410.